The van der Waals surface area contributed by atoms with Gasteiger partial charge in [0.1, 0.15) is 5.75 Å². The maximum Gasteiger partial charge on any atom is 0.526 e. The Morgan fingerprint density at radius 2 is 1.94 bits per heavy atom. The van der Waals surface area contributed by atoms with E-state index in [1.807, 2.05) is 12.1 Å². The third-order valence-electron chi connectivity index (χ3n) is 5.55. The van der Waals surface area contributed by atoms with Crippen LogP contribution in [0.3, 0.4) is 0 Å². The van der Waals surface area contributed by atoms with Crippen molar-refractivity contribution in [2.75, 3.05) is 0 Å². The van der Waals surface area contributed by atoms with Crippen molar-refractivity contribution in [3.63, 3.8) is 0 Å². The van der Waals surface area contributed by atoms with Crippen molar-refractivity contribution >= 4 is 30.5 Å². The molecule has 10 heteroatoms. The molecule has 1 aliphatic rings. The fourth-order valence-corrected chi connectivity index (χ4v) is 3.91. The first kappa shape index (κ1) is 24.0. The van der Waals surface area contributed by atoms with Crippen molar-refractivity contribution in [1.29, 1.82) is 5.41 Å². The number of nitrogens with zero attached hydrogens (tertiary/aromatic N) is 1. The van der Waals surface area contributed by atoms with Crippen LogP contribution in [0.1, 0.15) is 57.2 Å². The van der Waals surface area contributed by atoms with Crippen molar-refractivity contribution in [3.8, 4) is 5.75 Å². The van der Waals surface area contributed by atoms with Crippen LogP contribution in [-0.2, 0) is 19.4 Å². The monoisotopic (exact) mass is 449 g/mol. The predicted octanol–water partition coefficient (Wildman–Crippen LogP) is 1.59. The molecule has 33 heavy (non-hydrogen) atoms. The molecule has 0 amide bonds. The van der Waals surface area contributed by atoms with Gasteiger partial charge in [0, 0.05) is 24.2 Å². The summed E-state index contributed by atoms with van der Waals surface area (Å²) in [6, 6.07) is 10.6. The van der Waals surface area contributed by atoms with Gasteiger partial charge in [-0.1, -0.05) is 18.2 Å². The summed E-state index contributed by atoms with van der Waals surface area (Å²) in [6.45, 7) is 1.66. The summed E-state index contributed by atoms with van der Waals surface area (Å²) in [6.07, 6.45) is 1.34. The number of nitrogens with one attached hydrogen (secondary N) is 1. The van der Waals surface area contributed by atoms with Crippen molar-refractivity contribution in [3.05, 3.63) is 64.2 Å². The molecule has 1 heterocycles. The van der Waals surface area contributed by atoms with Crippen molar-refractivity contribution in [2.45, 2.75) is 45.0 Å². The van der Waals surface area contributed by atoms with E-state index in [-0.39, 0.29) is 36.3 Å². The first-order valence-electron chi connectivity index (χ1n) is 10.7. The smallest absolute Gasteiger partial charge is 0.526 e. The topological polar surface area (TPSA) is 178 Å². The van der Waals surface area contributed by atoms with Gasteiger partial charge in [0.15, 0.2) is 17.5 Å². The molecule has 0 saturated carbocycles. The zero-order chi connectivity index (χ0) is 24.1. The molecule has 172 valence electrons. The second-order valence-electron chi connectivity index (χ2n) is 8.25. The number of rotatable bonds is 9. The Morgan fingerprint density at radius 3 is 2.61 bits per heavy atom. The maximum absolute atomic E-state index is 13.2. The first-order valence-corrected chi connectivity index (χ1v) is 10.7. The Hall–Kier alpha value is -3.66. The number of hydrogen-bond acceptors (Lipinski definition) is 6. The van der Waals surface area contributed by atoms with Gasteiger partial charge in [-0.15, -0.1) is 0 Å². The second-order valence-corrected chi connectivity index (χ2v) is 8.25. The number of fused-ring (bicyclic) bond motifs is 1. The van der Waals surface area contributed by atoms with Crippen LogP contribution >= 0.6 is 0 Å². The average molecular weight is 449 g/mol. The summed E-state index contributed by atoms with van der Waals surface area (Å²) in [5.41, 5.74) is 19.6. The maximum atomic E-state index is 13.2. The minimum atomic E-state index is -1.20. The highest BCUT2D eigenvalue weighted by molar-refractivity contribution is 6.47. The number of hydrogen-bond donors (Lipinski definition) is 5. The number of amidine groups is 1. The zero-order valence-electron chi connectivity index (χ0n) is 18.5. The zero-order valence-corrected chi connectivity index (χ0v) is 18.5. The molecular formula is C23H28BN5O4. The number of aliphatic imine (C=N–C) groups is 1. The largest absolute Gasteiger partial charge is 0.535 e. The van der Waals surface area contributed by atoms with E-state index < -0.39 is 12.9 Å². The van der Waals surface area contributed by atoms with Gasteiger partial charge in [-0.25, -0.2) is 4.99 Å². The molecule has 1 atom stereocenters. The standard InChI is InChI=1S/C23H28BN5O4/c1-13(30)19-4-2-3-16-10-18(24(32)33-22(16)19)11-20(31)17-8-14(5-6-21(25)26)7-15(9-17)12-29-23(27)28/h2-4,7-9,18,32H,5-6,10-12H2,1H3,(H3,25,26)(H4,27,28,29)/t18-/m1/s1. The summed E-state index contributed by atoms with van der Waals surface area (Å²) in [7, 11) is -1.20. The van der Waals surface area contributed by atoms with Crippen LogP contribution in [0, 0.1) is 5.41 Å². The molecule has 2 aromatic rings. The minimum Gasteiger partial charge on any atom is -0.535 e. The van der Waals surface area contributed by atoms with Crippen LogP contribution in [0.4, 0.5) is 0 Å². The molecule has 0 bridgehead atoms. The fraction of sp³-hybridized carbons (Fsp3) is 0.304. The van der Waals surface area contributed by atoms with Gasteiger partial charge < -0.3 is 26.9 Å². The molecule has 0 fully saturated rings. The van der Waals surface area contributed by atoms with E-state index in [2.05, 4.69) is 4.99 Å². The fourth-order valence-electron chi connectivity index (χ4n) is 3.91. The lowest BCUT2D eigenvalue weighted by Crippen LogP contribution is -2.35. The van der Waals surface area contributed by atoms with Gasteiger partial charge in [0.2, 0.25) is 0 Å². The number of benzene rings is 2. The van der Waals surface area contributed by atoms with E-state index in [9.17, 15) is 14.6 Å². The molecule has 1 aliphatic heterocycles. The van der Waals surface area contributed by atoms with Crippen molar-refractivity contribution < 1.29 is 19.3 Å². The van der Waals surface area contributed by atoms with E-state index >= 15 is 0 Å². The first-order chi connectivity index (χ1) is 15.6. The molecule has 3 rings (SSSR count). The SMILES string of the molecule is CC(=O)c1cccc2c1OB(O)[C@@H](CC(=O)c1cc(CCC(=N)N)cc(CN=C(N)N)c1)C2. The molecule has 0 unspecified atom stereocenters. The molecule has 9 nitrogen and oxygen atoms in total. The van der Waals surface area contributed by atoms with Gasteiger partial charge >= 0.3 is 7.12 Å². The highest BCUT2D eigenvalue weighted by atomic mass is 16.5. The Morgan fingerprint density at radius 1 is 1.21 bits per heavy atom. The Balaban J connectivity index is 1.82. The molecule has 0 radical (unpaired) electrons. The van der Waals surface area contributed by atoms with Crippen LogP contribution in [0.2, 0.25) is 5.82 Å². The van der Waals surface area contributed by atoms with E-state index in [1.165, 1.54) is 6.92 Å². The van der Waals surface area contributed by atoms with Gasteiger partial charge in [0.25, 0.3) is 0 Å². The van der Waals surface area contributed by atoms with Crippen molar-refractivity contribution in [1.82, 2.24) is 0 Å². The van der Waals surface area contributed by atoms with E-state index in [4.69, 9.17) is 27.3 Å². The highest BCUT2D eigenvalue weighted by Gasteiger charge is 2.37. The summed E-state index contributed by atoms with van der Waals surface area (Å²) >= 11 is 0. The molecule has 0 aromatic heterocycles. The quantitative estimate of drug-likeness (QED) is 0.167. The average Bonchev–Trinajstić information content (AvgIpc) is 2.76. The number of para-hydroxylation sites is 1. The van der Waals surface area contributed by atoms with Crippen LogP contribution in [0.5, 0.6) is 5.75 Å². The molecule has 0 spiro atoms. The van der Waals surface area contributed by atoms with Crippen LogP contribution in [0.15, 0.2) is 41.4 Å². The number of carbonyl (C=O) groups excluding carboxylic acids is 2. The number of guanidine groups is 1. The van der Waals surface area contributed by atoms with E-state index in [0.717, 1.165) is 16.7 Å². The summed E-state index contributed by atoms with van der Waals surface area (Å²) < 4.78 is 5.65. The van der Waals surface area contributed by atoms with Gasteiger partial charge in [-0.2, -0.15) is 0 Å². The minimum absolute atomic E-state index is 0.0527. The number of carbonyl (C=O) groups is 2. The van der Waals surface area contributed by atoms with Crippen LogP contribution < -0.4 is 21.9 Å². The molecule has 0 aliphatic carbocycles. The van der Waals surface area contributed by atoms with E-state index in [0.29, 0.717) is 36.1 Å². The van der Waals surface area contributed by atoms with Gasteiger partial charge in [-0.05, 0) is 54.7 Å². The van der Waals surface area contributed by atoms with Crippen LogP contribution in [0.25, 0.3) is 0 Å². The predicted molar refractivity (Wildman–Crippen MR) is 128 cm³/mol. The Kier molecular flexibility index (Phi) is 7.50. The lowest BCUT2D eigenvalue weighted by molar-refractivity contribution is 0.0971. The summed E-state index contributed by atoms with van der Waals surface area (Å²) in [4.78, 5) is 29.0. The Bertz CT molecular complexity index is 1110. The highest BCUT2D eigenvalue weighted by Crippen LogP contribution is 2.37. The molecule has 2 aromatic carbocycles. The number of ketones is 2. The summed E-state index contributed by atoms with van der Waals surface area (Å²) in [5, 5.41) is 18.0. The van der Waals surface area contributed by atoms with Crippen molar-refractivity contribution in [2.24, 2.45) is 22.2 Å². The lowest BCUT2D eigenvalue weighted by Gasteiger charge is -2.28. The number of nitrogens with two attached hydrogens (primary N) is 3. The van der Waals surface area contributed by atoms with Gasteiger partial charge in [-0.3, -0.25) is 15.0 Å². The summed E-state index contributed by atoms with van der Waals surface area (Å²) in [5.74, 6) is -0.387. The third kappa shape index (κ3) is 6.20. The van der Waals surface area contributed by atoms with E-state index in [1.54, 1.807) is 24.3 Å². The Labute approximate surface area is 192 Å². The second kappa shape index (κ2) is 10.3. The molecule has 8 N–H and O–H groups in total. The molecule has 0 saturated heterocycles. The van der Waals surface area contributed by atoms with Gasteiger partial charge in [0.05, 0.1) is 17.9 Å². The number of Topliss-reactive ketones (excluding diaryl/α,β-unsaturated/α-hetero) is 2. The number of aryl methyl sites for hydroxylation is 1. The normalized spacial score (nSPS) is 14.7. The third-order valence-corrected chi connectivity index (χ3v) is 5.55. The lowest BCUT2D eigenvalue weighted by atomic mass is 9.64. The molecular weight excluding hydrogens is 421 g/mol. The van der Waals surface area contributed by atoms with Crippen LogP contribution in [-0.4, -0.2) is 35.5 Å².